The molecule has 2 aromatic heterocycles. The van der Waals surface area contributed by atoms with Crippen molar-refractivity contribution in [1.82, 2.24) is 5.32 Å². The zero-order valence-electron chi connectivity index (χ0n) is 8.50. The van der Waals surface area contributed by atoms with Gasteiger partial charge in [0.25, 0.3) is 0 Å². The molecule has 0 saturated carbocycles. The Morgan fingerprint density at radius 1 is 1.44 bits per heavy atom. The normalized spacial score (nSPS) is 10.9. The average Bonchev–Trinajstić information content (AvgIpc) is 2.85. The molecule has 1 nitrogen and oxygen atoms in total. The van der Waals surface area contributed by atoms with E-state index in [9.17, 15) is 0 Å². The molecule has 2 heterocycles. The Bertz CT molecular complexity index is 419. The van der Waals surface area contributed by atoms with Crippen LogP contribution in [-0.4, -0.2) is 6.54 Å². The van der Waals surface area contributed by atoms with Crippen molar-refractivity contribution in [1.29, 1.82) is 0 Å². The monoisotopic (exact) mass is 335 g/mol. The van der Waals surface area contributed by atoms with E-state index in [4.69, 9.17) is 11.6 Å². The molecule has 0 bridgehead atoms. The molecule has 2 rings (SSSR count). The van der Waals surface area contributed by atoms with Gasteiger partial charge < -0.3 is 5.32 Å². The largest absolute Gasteiger partial charge is 0.312 e. The molecule has 2 aromatic rings. The number of halogens is 2. The van der Waals surface area contributed by atoms with Crippen LogP contribution in [0.3, 0.4) is 0 Å². The smallest absolute Gasteiger partial charge is 0.107 e. The average molecular weight is 337 g/mol. The molecule has 0 aliphatic heterocycles. The molecule has 1 N–H and O–H groups in total. The minimum atomic E-state index is 0.828. The molecule has 0 amide bonds. The zero-order valence-corrected chi connectivity index (χ0v) is 12.5. The lowest BCUT2D eigenvalue weighted by atomic mass is 10.2. The molecule has 0 aromatic carbocycles. The van der Waals surface area contributed by atoms with Crippen LogP contribution in [-0.2, 0) is 13.0 Å². The maximum absolute atomic E-state index is 5.97. The number of nitrogens with one attached hydrogen (secondary N) is 1. The zero-order chi connectivity index (χ0) is 11.4. The SMILES string of the molecule is Clc1sc(CNCCc2ccsc2)cc1Br. The Balaban J connectivity index is 1.72. The summed E-state index contributed by atoms with van der Waals surface area (Å²) in [5.74, 6) is 0. The molecule has 0 saturated heterocycles. The van der Waals surface area contributed by atoms with Gasteiger partial charge >= 0.3 is 0 Å². The minimum absolute atomic E-state index is 0.828. The van der Waals surface area contributed by atoms with Crippen LogP contribution in [0.4, 0.5) is 0 Å². The van der Waals surface area contributed by atoms with Gasteiger partial charge in [0.15, 0.2) is 0 Å². The van der Waals surface area contributed by atoms with Crippen LogP contribution in [0.2, 0.25) is 4.34 Å². The highest BCUT2D eigenvalue weighted by molar-refractivity contribution is 9.10. The van der Waals surface area contributed by atoms with Gasteiger partial charge in [-0.2, -0.15) is 11.3 Å². The van der Waals surface area contributed by atoms with Gasteiger partial charge in [0.05, 0.1) is 0 Å². The number of hydrogen-bond donors (Lipinski definition) is 1. The fraction of sp³-hybridized carbons (Fsp3) is 0.273. The predicted molar refractivity (Wildman–Crippen MR) is 76.8 cm³/mol. The van der Waals surface area contributed by atoms with E-state index in [0.717, 1.165) is 28.3 Å². The van der Waals surface area contributed by atoms with Crippen LogP contribution in [0.1, 0.15) is 10.4 Å². The third-order valence-corrected chi connectivity index (χ3v) is 5.37. The van der Waals surface area contributed by atoms with Crippen molar-refractivity contribution in [3.05, 3.63) is 42.1 Å². The van der Waals surface area contributed by atoms with Crippen LogP contribution in [0.25, 0.3) is 0 Å². The summed E-state index contributed by atoms with van der Waals surface area (Å²) in [7, 11) is 0. The van der Waals surface area contributed by atoms with Gasteiger partial charge in [0.2, 0.25) is 0 Å². The Morgan fingerprint density at radius 2 is 2.31 bits per heavy atom. The summed E-state index contributed by atoms with van der Waals surface area (Å²) < 4.78 is 1.82. The quantitative estimate of drug-likeness (QED) is 0.789. The van der Waals surface area contributed by atoms with E-state index in [1.54, 1.807) is 22.7 Å². The first-order valence-corrected chi connectivity index (χ1v) is 7.84. The maximum Gasteiger partial charge on any atom is 0.107 e. The summed E-state index contributed by atoms with van der Waals surface area (Å²) in [5.41, 5.74) is 1.41. The van der Waals surface area contributed by atoms with E-state index in [1.165, 1.54) is 10.4 Å². The predicted octanol–water partition coefficient (Wildman–Crippen LogP) is 4.56. The van der Waals surface area contributed by atoms with Crippen molar-refractivity contribution < 1.29 is 0 Å². The second-order valence-electron chi connectivity index (χ2n) is 3.39. The second kappa shape index (κ2) is 6.17. The van der Waals surface area contributed by atoms with Crippen LogP contribution in [0.15, 0.2) is 27.4 Å². The van der Waals surface area contributed by atoms with E-state index < -0.39 is 0 Å². The Morgan fingerprint density at radius 3 is 2.94 bits per heavy atom. The van der Waals surface area contributed by atoms with E-state index in [1.807, 2.05) is 0 Å². The van der Waals surface area contributed by atoms with Crippen LogP contribution in [0, 0.1) is 0 Å². The highest BCUT2D eigenvalue weighted by atomic mass is 79.9. The molecule has 16 heavy (non-hydrogen) atoms. The highest BCUT2D eigenvalue weighted by Crippen LogP contribution is 2.31. The highest BCUT2D eigenvalue weighted by Gasteiger charge is 2.03. The van der Waals surface area contributed by atoms with Crippen molar-refractivity contribution in [2.75, 3.05) is 6.54 Å². The molecule has 0 fully saturated rings. The van der Waals surface area contributed by atoms with Gasteiger partial charge in [0.1, 0.15) is 4.34 Å². The molecule has 0 atom stereocenters. The van der Waals surface area contributed by atoms with Crippen LogP contribution < -0.4 is 5.32 Å². The molecule has 0 radical (unpaired) electrons. The first-order chi connectivity index (χ1) is 7.75. The lowest BCUT2D eigenvalue weighted by Gasteiger charge is -2.01. The number of rotatable bonds is 5. The Hall–Kier alpha value is 0.130. The summed E-state index contributed by atoms with van der Waals surface area (Å²) in [6.45, 7) is 1.89. The summed E-state index contributed by atoms with van der Waals surface area (Å²) >= 11 is 12.7. The fourth-order valence-electron chi connectivity index (χ4n) is 1.36. The van der Waals surface area contributed by atoms with Gasteiger partial charge in [-0.25, -0.2) is 0 Å². The van der Waals surface area contributed by atoms with E-state index >= 15 is 0 Å². The minimum Gasteiger partial charge on any atom is -0.312 e. The molecule has 86 valence electrons. The van der Waals surface area contributed by atoms with Crippen LogP contribution in [0.5, 0.6) is 0 Å². The maximum atomic E-state index is 5.97. The third-order valence-electron chi connectivity index (χ3n) is 2.17. The van der Waals surface area contributed by atoms with Crippen molar-refractivity contribution in [3.8, 4) is 0 Å². The van der Waals surface area contributed by atoms with Gasteiger partial charge in [0, 0.05) is 15.9 Å². The standard InChI is InChI=1S/C11H11BrClNS2/c12-10-5-9(16-11(10)13)6-14-3-1-8-2-4-15-7-8/h2,4-5,7,14H,1,3,6H2. The van der Waals surface area contributed by atoms with E-state index in [-0.39, 0.29) is 0 Å². The van der Waals surface area contributed by atoms with Crippen molar-refractivity contribution in [2.24, 2.45) is 0 Å². The fourth-order valence-corrected chi connectivity index (χ4v) is 3.82. The van der Waals surface area contributed by atoms with Crippen molar-refractivity contribution in [3.63, 3.8) is 0 Å². The molecule has 0 aliphatic rings. The van der Waals surface area contributed by atoms with Gasteiger partial charge in [-0.1, -0.05) is 11.6 Å². The lowest BCUT2D eigenvalue weighted by molar-refractivity contribution is 0.694. The molecular weight excluding hydrogens is 326 g/mol. The first-order valence-electron chi connectivity index (χ1n) is 4.91. The lowest BCUT2D eigenvalue weighted by Crippen LogP contribution is -2.15. The summed E-state index contributed by atoms with van der Waals surface area (Å²) in [6, 6.07) is 4.25. The Labute approximate surface area is 117 Å². The molecule has 0 unspecified atom stereocenters. The van der Waals surface area contributed by atoms with E-state index in [0.29, 0.717) is 0 Å². The van der Waals surface area contributed by atoms with Crippen molar-refractivity contribution >= 4 is 50.2 Å². The van der Waals surface area contributed by atoms with Crippen LogP contribution >= 0.6 is 50.2 Å². The summed E-state index contributed by atoms with van der Waals surface area (Å²) in [4.78, 5) is 1.27. The summed E-state index contributed by atoms with van der Waals surface area (Å²) in [6.07, 6.45) is 1.09. The number of thiophene rings is 2. The third kappa shape index (κ3) is 3.57. The molecule has 0 spiro atoms. The molecule has 0 aliphatic carbocycles. The van der Waals surface area contributed by atoms with Gasteiger partial charge in [-0.05, 0) is 57.4 Å². The second-order valence-corrected chi connectivity index (χ2v) is 6.77. The first kappa shape index (κ1) is 12.6. The topological polar surface area (TPSA) is 12.0 Å². The van der Waals surface area contributed by atoms with Crippen molar-refractivity contribution in [2.45, 2.75) is 13.0 Å². The number of hydrogen-bond acceptors (Lipinski definition) is 3. The molecule has 5 heteroatoms. The van der Waals surface area contributed by atoms with Gasteiger partial charge in [-0.3, -0.25) is 0 Å². The molecular formula is C11H11BrClNS2. The van der Waals surface area contributed by atoms with Gasteiger partial charge in [-0.15, -0.1) is 11.3 Å². The van der Waals surface area contributed by atoms with E-state index in [2.05, 4.69) is 44.1 Å². The summed E-state index contributed by atoms with van der Waals surface area (Å²) in [5, 5.41) is 7.73. The Kier molecular flexibility index (Phi) is 4.85.